The maximum Gasteiger partial charge on any atom is 0.319 e. The highest BCUT2D eigenvalue weighted by atomic mass is 19.1. The zero-order valence-corrected chi connectivity index (χ0v) is 25.7. The molecular formula is C35H41FN6O2. The Kier molecular flexibility index (Phi) is 7.15. The maximum atomic E-state index is 16.8. The Labute approximate surface area is 258 Å². The number of benzene rings is 2. The predicted octanol–water partition coefficient (Wildman–Crippen LogP) is 5.51. The molecule has 8 rings (SSSR count). The van der Waals surface area contributed by atoms with Gasteiger partial charge in [-0.2, -0.15) is 9.97 Å². The SMILES string of the molecule is CCc1cccc2cccc(-c3ncc4c(N5CC6CCC(C5)N6)nc(OCC56CCCN5C(COC)CC6)nc4c3F)c12. The fourth-order valence-corrected chi connectivity index (χ4v) is 8.58. The van der Waals surface area contributed by atoms with E-state index in [9.17, 15) is 0 Å². The van der Waals surface area contributed by atoms with E-state index in [1.165, 1.54) is 5.56 Å². The Morgan fingerprint density at radius 1 is 1.05 bits per heavy atom. The van der Waals surface area contributed by atoms with Crippen LogP contribution >= 0.6 is 0 Å². The quantitative estimate of drug-likeness (QED) is 0.286. The summed E-state index contributed by atoms with van der Waals surface area (Å²) in [4.78, 5) is 19.4. The van der Waals surface area contributed by atoms with Gasteiger partial charge >= 0.3 is 6.01 Å². The van der Waals surface area contributed by atoms with Crippen LogP contribution in [0.3, 0.4) is 0 Å². The summed E-state index contributed by atoms with van der Waals surface area (Å²) in [6, 6.07) is 13.7. The van der Waals surface area contributed by atoms with Gasteiger partial charge in [-0.05, 0) is 67.8 Å². The number of methoxy groups -OCH3 is 1. The number of anilines is 1. The molecule has 6 heterocycles. The lowest BCUT2D eigenvalue weighted by Gasteiger charge is -2.35. The molecule has 0 saturated carbocycles. The van der Waals surface area contributed by atoms with Gasteiger partial charge in [-0.1, -0.05) is 43.3 Å². The fraction of sp³-hybridized carbons (Fsp3) is 0.514. The molecule has 4 aliphatic heterocycles. The van der Waals surface area contributed by atoms with Crippen molar-refractivity contribution >= 4 is 27.5 Å². The van der Waals surface area contributed by atoms with Crippen molar-refractivity contribution in [3.05, 3.63) is 54.0 Å². The number of piperazine rings is 1. The number of ether oxygens (including phenoxy) is 2. The Balaban J connectivity index is 1.22. The number of pyridine rings is 1. The first-order valence-corrected chi connectivity index (χ1v) is 16.3. The molecule has 4 saturated heterocycles. The Bertz CT molecular complexity index is 1700. The average Bonchev–Trinajstić information content (AvgIpc) is 3.73. The number of nitrogens with one attached hydrogen (secondary N) is 1. The molecule has 4 aromatic rings. The van der Waals surface area contributed by atoms with Gasteiger partial charge in [-0.3, -0.25) is 9.88 Å². The van der Waals surface area contributed by atoms with Crippen LogP contribution in [-0.2, 0) is 11.2 Å². The Hall–Kier alpha value is -3.40. The molecule has 0 radical (unpaired) electrons. The van der Waals surface area contributed by atoms with Crippen LogP contribution in [-0.4, -0.2) is 83.5 Å². The minimum atomic E-state index is -0.422. The first-order chi connectivity index (χ1) is 21.6. The molecule has 4 aliphatic rings. The van der Waals surface area contributed by atoms with Crippen LogP contribution in [0.25, 0.3) is 32.9 Å². The molecule has 4 unspecified atom stereocenters. The molecule has 8 nitrogen and oxygen atoms in total. The van der Waals surface area contributed by atoms with Gasteiger partial charge in [-0.25, -0.2) is 4.39 Å². The number of nitrogens with zero attached hydrogens (tertiary/aromatic N) is 5. The third kappa shape index (κ3) is 4.63. The van der Waals surface area contributed by atoms with Crippen molar-refractivity contribution in [1.82, 2.24) is 25.2 Å². The van der Waals surface area contributed by atoms with E-state index in [1.807, 2.05) is 12.1 Å². The summed E-state index contributed by atoms with van der Waals surface area (Å²) in [5, 5.41) is 6.46. The second kappa shape index (κ2) is 11.2. The zero-order chi connectivity index (χ0) is 29.8. The normalized spacial score (nSPS) is 26.6. The van der Waals surface area contributed by atoms with Crippen molar-refractivity contribution in [2.75, 3.05) is 44.9 Å². The lowest BCUT2D eigenvalue weighted by atomic mass is 9.95. The van der Waals surface area contributed by atoms with Crippen molar-refractivity contribution in [2.45, 2.75) is 75.5 Å². The summed E-state index contributed by atoms with van der Waals surface area (Å²) in [7, 11) is 1.78. The van der Waals surface area contributed by atoms with Gasteiger partial charge in [-0.15, -0.1) is 0 Å². The zero-order valence-electron chi connectivity index (χ0n) is 25.7. The monoisotopic (exact) mass is 596 g/mol. The van der Waals surface area contributed by atoms with Crippen LogP contribution in [0.2, 0.25) is 0 Å². The van der Waals surface area contributed by atoms with E-state index in [1.54, 1.807) is 13.3 Å². The highest BCUT2D eigenvalue weighted by Gasteiger charge is 2.49. The molecule has 2 aromatic carbocycles. The average molecular weight is 597 g/mol. The third-order valence-corrected chi connectivity index (χ3v) is 10.6. The van der Waals surface area contributed by atoms with E-state index in [2.05, 4.69) is 46.3 Å². The molecule has 0 spiro atoms. The Morgan fingerprint density at radius 3 is 2.66 bits per heavy atom. The van der Waals surface area contributed by atoms with Crippen LogP contribution in [0.1, 0.15) is 51.0 Å². The summed E-state index contributed by atoms with van der Waals surface area (Å²) in [5.41, 5.74) is 2.51. The first-order valence-electron chi connectivity index (χ1n) is 16.3. The van der Waals surface area contributed by atoms with Crippen LogP contribution in [0.4, 0.5) is 10.2 Å². The standard InChI is InChI=1S/C35H41FN6O2/c1-3-22-7-4-8-23-9-5-10-27(29(22)23)31-30(36)32-28(17-37-31)33(41-18-24-11-12-25(19-41)38-24)40-34(39-32)44-21-35-14-6-16-42(35)26(13-15-35)20-43-2/h4-5,7-10,17,24-26,38H,3,6,11-16,18-21H2,1-2H3. The molecule has 44 heavy (non-hydrogen) atoms. The largest absolute Gasteiger partial charge is 0.461 e. The van der Waals surface area contributed by atoms with Crippen molar-refractivity contribution in [3.8, 4) is 17.3 Å². The third-order valence-electron chi connectivity index (χ3n) is 10.6. The smallest absolute Gasteiger partial charge is 0.319 e. The minimum absolute atomic E-state index is 0.0444. The van der Waals surface area contributed by atoms with Crippen molar-refractivity contribution in [1.29, 1.82) is 0 Å². The number of hydrogen-bond acceptors (Lipinski definition) is 8. The van der Waals surface area contributed by atoms with Gasteiger partial charge in [0, 0.05) is 50.1 Å². The highest BCUT2D eigenvalue weighted by molar-refractivity contribution is 6.00. The van der Waals surface area contributed by atoms with Crippen LogP contribution in [0.15, 0.2) is 42.6 Å². The highest BCUT2D eigenvalue weighted by Crippen LogP contribution is 2.43. The van der Waals surface area contributed by atoms with Gasteiger partial charge in [0.1, 0.15) is 23.6 Å². The molecule has 0 amide bonds. The number of aryl methyl sites for hydroxylation is 1. The van der Waals surface area contributed by atoms with E-state index in [-0.39, 0.29) is 17.1 Å². The second-order valence-electron chi connectivity index (χ2n) is 13.2. The molecule has 2 aromatic heterocycles. The molecular weight excluding hydrogens is 555 g/mol. The maximum absolute atomic E-state index is 16.8. The van der Waals surface area contributed by atoms with E-state index in [0.29, 0.717) is 35.8 Å². The number of halogens is 1. The lowest BCUT2D eigenvalue weighted by Crippen LogP contribution is -2.51. The Morgan fingerprint density at radius 2 is 1.86 bits per heavy atom. The number of rotatable bonds is 8. The topological polar surface area (TPSA) is 75.6 Å². The van der Waals surface area contributed by atoms with Gasteiger partial charge in [0.2, 0.25) is 0 Å². The molecule has 1 N–H and O–H groups in total. The van der Waals surface area contributed by atoms with Crippen molar-refractivity contribution in [3.63, 3.8) is 0 Å². The summed E-state index contributed by atoms with van der Waals surface area (Å²) in [6.45, 7) is 6.06. The summed E-state index contributed by atoms with van der Waals surface area (Å²) >= 11 is 0. The van der Waals surface area contributed by atoms with Gasteiger partial charge < -0.3 is 19.7 Å². The number of aromatic nitrogens is 3. The van der Waals surface area contributed by atoms with Crippen LogP contribution in [0, 0.1) is 5.82 Å². The van der Waals surface area contributed by atoms with E-state index < -0.39 is 5.82 Å². The van der Waals surface area contributed by atoms with Gasteiger partial charge in [0.15, 0.2) is 5.82 Å². The molecule has 230 valence electrons. The summed E-state index contributed by atoms with van der Waals surface area (Å²) < 4.78 is 28.9. The van der Waals surface area contributed by atoms with E-state index in [0.717, 1.165) is 93.3 Å². The van der Waals surface area contributed by atoms with Crippen LogP contribution in [0.5, 0.6) is 6.01 Å². The lowest BCUT2D eigenvalue weighted by molar-refractivity contribution is 0.0521. The second-order valence-corrected chi connectivity index (χ2v) is 13.2. The van der Waals surface area contributed by atoms with E-state index >= 15 is 4.39 Å². The van der Waals surface area contributed by atoms with Crippen LogP contribution < -0.4 is 15.0 Å². The minimum Gasteiger partial charge on any atom is -0.461 e. The first kappa shape index (κ1) is 28.1. The van der Waals surface area contributed by atoms with Crippen molar-refractivity contribution in [2.24, 2.45) is 0 Å². The summed E-state index contributed by atoms with van der Waals surface area (Å²) in [6.07, 6.45) is 9.30. The molecule has 9 heteroatoms. The molecule has 4 fully saturated rings. The molecule has 0 aliphatic carbocycles. The van der Waals surface area contributed by atoms with Gasteiger partial charge in [0.25, 0.3) is 0 Å². The van der Waals surface area contributed by atoms with Crippen molar-refractivity contribution < 1.29 is 13.9 Å². The predicted molar refractivity (Wildman–Crippen MR) is 171 cm³/mol. The molecule has 2 bridgehead atoms. The number of fused-ring (bicyclic) bond motifs is 5. The fourth-order valence-electron chi connectivity index (χ4n) is 8.58. The summed E-state index contributed by atoms with van der Waals surface area (Å²) in [5.74, 6) is 0.298. The van der Waals surface area contributed by atoms with E-state index in [4.69, 9.17) is 24.4 Å². The molecule has 4 atom stereocenters. The van der Waals surface area contributed by atoms with Gasteiger partial charge in [0.05, 0.1) is 17.5 Å². The number of hydrogen-bond donors (Lipinski definition) is 1.